The van der Waals surface area contributed by atoms with Crippen LogP contribution in [0.2, 0.25) is 0 Å². The van der Waals surface area contributed by atoms with Crippen molar-refractivity contribution in [2.75, 3.05) is 0 Å². The van der Waals surface area contributed by atoms with Gasteiger partial charge in [-0.15, -0.1) is 0 Å². The van der Waals surface area contributed by atoms with E-state index in [0.29, 0.717) is 12.2 Å². The Morgan fingerprint density at radius 3 is 2.35 bits per heavy atom. The van der Waals surface area contributed by atoms with Gasteiger partial charge in [0.15, 0.2) is 0 Å². The summed E-state index contributed by atoms with van der Waals surface area (Å²) in [6.07, 6.45) is -1.12. The number of hydrogen-bond donors (Lipinski definition) is 1. The molecule has 3 rings (SSSR count). The van der Waals surface area contributed by atoms with Crippen LogP contribution < -0.4 is 5.32 Å². The van der Waals surface area contributed by atoms with E-state index >= 15 is 0 Å². The molecule has 0 amide bonds. The first-order chi connectivity index (χ1) is 12.3. The number of aryl methyl sites for hydroxylation is 2. The van der Waals surface area contributed by atoms with Crippen molar-refractivity contribution in [3.8, 4) is 5.69 Å². The summed E-state index contributed by atoms with van der Waals surface area (Å²) < 4.78 is 42.1. The van der Waals surface area contributed by atoms with Crippen molar-refractivity contribution in [3.63, 3.8) is 0 Å². The predicted molar refractivity (Wildman–Crippen MR) is 92.8 cm³/mol. The molecule has 1 N–H and O–H groups in total. The first-order valence-corrected chi connectivity index (χ1v) is 8.18. The van der Waals surface area contributed by atoms with Gasteiger partial charge in [0.25, 0.3) is 0 Å². The van der Waals surface area contributed by atoms with Crippen molar-refractivity contribution >= 4 is 0 Å². The predicted octanol–water partition coefficient (Wildman–Crippen LogP) is 4.19. The maximum absolute atomic E-state index is 13.5. The molecule has 0 saturated carbocycles. The lowest BCUT2D eigenvalue weighted by Crippen LogP contribution is -2.18. The topological polar surface area (TPSA) is 42.7 Å². The zero-order valence-electron chi connectivity index (χ0n) is 14.5. The third-order valence-corrected chi connectivity index (χ3v) is 4.05. The lowest BCUT2D eigenvalue weighted by Gasteiger charge is -2.16. The van der Waals surface area contributed by atoms with Crippen molar-refractivity contribution in [1.29, 1.82) is 0 Å². The van der Waals surface area contributed by atoms with Crippen LogP contribution in [0, 0.1) is 13.8 Å². The van der Waals surface area contributed by atoms with Gasteiger partial charge in [-0.1, -0.05) is 6.07 Å². The first-order valence-electron chi connectivity index (χ1n) is 8.18. The normalized spacial score (nSPS) is 11.7. The minimum atomic E-state index is -4.43. The Labute approximate surface area is 149 Å². The number of benzene rings is 1. The summed E-state index contributed by atoms with van der Waals surface area (Å²) >= 11 is 0. The van der Waals surface area contributed by atoms with Crippen molar-refractivity contribution in [2.45, 2.75) is 33.1 Å². The summed E-state index contributed by atoms with van der Waals surface area (Å²) in [6, 6.07) is 9.81. The minimum absolute atomic E-state index is 0.120. The number of rotatable bonds is 5. The Bertz CT molecular complexity index is 886. The number of aromatic nitrogens is 3. The van der Waals surface area contributed by atoms with E-state index in [4.69, 9.17) is 0 Å². The van der Waals surface area contributed by atoms with E-state index in [1.54, 1.807) is 18.5 Å². The SMILES string of the molecule is Cc1cc(C)n(-c2ccc(CNCc3ccncc3)c(C(F)(F)F)c2)n1. The molecule has 4 nitrogen and oxygen atoms in total. The molecule has 3 aromatic rings. The molecule has 26 heavy (non-hydrogen) atoms. The summed E-state index contributed by atoms with van der Waals surface area (Å²) in [5.41, 5.74) is 2.48. The number of halogens is 3. The van der Waals surface area contributed by atoms with E-state index in [1.807, 2.05) is 32.0 Å². The highest BCUT2D eigenvalue weighted by Crippen LogP contribution is 2.33. The molecule has 0 atom stereocenters. The molecule has 0 aliphatic heterocycles. The summed E-state index contributed by atoms with van der Waals surface area (Å²) in [5, 5.41) is 7.32. The summed E-state index contributed by atoms with van der Waals surface area (Å²) in [4.78, 5) is 3.92. The number of pyridine rings is 1. The molecule has 0 aliphatic rings. The Hall–Kier alpha value is -2.67. The van der Waals surface area contributed by atoms with Gasteiger partial charge < -0.3 is 5.32 Å². The van der Waals surface area contributed by atoms with Gasteiger partial charge in [0.1, 0.15) is 0 Å². The average molecular weight is 360 g/mol. The van der Waals surface area contributed by atoms with Crippen LogP contribution in [0.15, 0.2) is 48.8 Å². The molecular weight excluding hydrogens is 341 g/mol. The van der Waals surface area contributed by atoms with Gasteiger partial charge >= 0.3 is 6.18 Å². The lowest BCUT2D eigenvalue weighted by molar-refractivity contribution is -0.138. The van der Waals surface area contributed by atoms with Crippen LogP contribution in [0.25, 0.3) is 5.69 Å². The van der Waals surface area contributed by atoms with Crippen molar-refractivity contribution in [1.82, 2.24) is 20.1 Å². The number of nitrogens with zero attached hydrogens (tertiary/aromatic N) is 3. The van der Waals surface area contributed by atoms with Gasteiger partial charge in [-0.05, 0) is 55.3 Å². The summed E-state index contributed by atoms with van der Waals surface area (Å²) in [7, 11) is 0. The molecule has 136 valence electrons. The first kappa shape index (κ1) is 18.1. The van der Waals surface area contributed by atoms with Gasteiger partial charge in [0, 0.05) is 31.2 Å². The number of hydrogen-bond acceptors (Lipinski definition) is 3. The Morgan fingerprint density at radius 1 is 1.00 bits per heavy atom. The van der Waals surface area contributed by atoms with E-state index in [0.717, 1.165) is 23.0 Å². The third-order valence-electron chi connectivity index (χ3n) is 4.05. The average Bonchev–Trinajstić information content (AvgIpc) is 2.93. The molecule has 2 aromatic heterocycles. The molecular formula is C19H19F3N4. The highest BCUT2D eigenvalue weighted by molar-refractivity contribution is 5.43. The van der Waals surface area contributed by atoms with Crippen LogP contribution in [0.3, 0.4) is 0 Å². The largest absolute Gasteiger partial charge is 0.416 e. The molecule has 0 saturated heterocycles. The maximum Gasteiger partial charge on any atom is 0.416 e. The quantitative estimate of drug-likeness (QED) is 0.742. The van der Waals surface area contributed by atoms with E-state index in [1.165, 1.54) is 10.7 Å². The number of nitrogens with one attached hydrogen (secondary N) is 1. The van der Waals surface area contributed by atoms with E-state index in [9.17, 15) is 13.2 Å². The fraction of sp³-hybridized carbons (Fsp3) is 0.263. The lowest BCUT2D eigenvalue weighted by atomic mass is 10.1. The summed E-state index contributed by atoms with van der Waals surface area (Å²) in [6.45, 7) is 4.22. The van der Waals surface area contributed by atoms with E-state index in [2.05, 4.69) is 15.4 Å². The second-order valence-electron chi connectivity index (χ2n) is 6.14. The van der Waals surface area contributed by atoms with Gasteiger partial charge in [0.2, 0.25) is 0 Å². The molecule has 0 unspecified atom stereocenters. The standard InChI is InChI=1S/C19H19F3N4/c1-13-9-14(2)26(25-13)17-4-3-16(18(10-17)19(20,21)22)12-24-11-15-5-7-23-8-6-15/h3-10,24H,11-12H2,1-2H3. The minimum Gasteiger partial charge on any atom is -0.309 e. The van der Waals surface area contributed by atoms with Gasteiger partial charge in [-0.2, -0.15) is 18.3 Å². The van der Waals surface area contributed by atoms with E-state index < -0.39 is 11.7 Å². The maximum atomic E-state index is 13.5. The molecule has 2 heterocycles. The molecule has 0 spiro atoms. The second kappa shape index (κ2) is 7.29. The Kier molecular flexibility index (Phi) is 5.08. The van der Waals surface area contributed by atoms with Crippen LogP contribution in [0.5, 0.6) is 0 Å². The molecule has 1 aromatic carbocycles. The fourth-order valence-electron chi connectivity index (χ4n) is 2.85. The molecule has 0 radical (unpaired) electrons. The number of alkyl halides is 3. The van der Waals surface area contributed by atoms with E-state index in [-0.39, 0.29) is 12.1 Å². The van der Waals surface area contributed by atoms with Crippen LogP contribution in [-0.4, -0.2) is 14.8 Å². The van der Waals surface area contributed by atoms with Gasteiger partial charge in [0.05, 0.1) is 16.9 Å². The van der Waals surface area contributed by atoms with Gasteiger partial charge in [-0.3, -0.25) is 4.98 Å². The highest BCUT2D eigenvalue weighted by atomic mass is 19.4. The second-order valence-corrected chi connectivity index (χ2v) is 6.14. The molecule has 0 bridgehead atoms. The monoisotopic (exact) mass is 360 g/mol. The molecule has 7 heteroatoms. The molecule has 0 aliphatic carbocycles. The highest BCUT2D eigenvalue weighted by Gasteiger charge is 2.33. The Balaban J connectivity index is 1.84. The fourth-order valence-corrected chi connectivity index (χ4v) is 2.85. The van der Waals surface area contributed by atoms with Crippen LogP contribution in [0.4, 0.5) is 13.2 Å². The zero-order valence-corrected chi connectivity index (χ0v) is 14.5. The smallest absolute Gasteiger partial charge is 0.309 e. The summed E-state index contributed by atoms with van der Waals surface area (Å²) in [5.74, 6) is 0. The molecule has 0 fully saturated rings. The van der Waals surface area contributed by atoms with Crippen molar-refractivity contribution in [2.24, 2.45) is 0 Å². The van der Waals surface area contributed by atoms with Gasteiger partial charge in [-0.25, -0.2) is 4.68 Å². The third kappa shape index (κ3) is 4.11. The van der Waals surface area contributed by atoms with Crippen molar-refractivity contribution < 1.29 is 13.2 Å². The van der Waals surface area contributed by atoms with Crippen LogP contribution >= 0.6 is 0 Å². The van der Waals surface area contributed by atoms with Crippen LogP contribution in [-0.2, 0) is 19.3 Å². The Morgan fingerprint density at radius 2 is 1.73 bits per heavy atom. The zero-order chi connectivity index (χ0) is 18.7. The van der Waals surface area contributed by atoms with Crippen molar-refractivity contribution in [3.05, 3.63) is 76.9 Å². The van der Waals surface area contributed by atoms with Crippen LogP contribution in [0.1, 0.15) is 28.1 Å².